The molecule has 0 atom stereocenters. The number of hydrogen-bond donors (Lipinski definition) is 2. The summed E-state index contributed by atoms with van der Waals surface area (Å²) in [6.45, 7) is 0.0130. The maximum atomic E-state index is 11.9. The molecule has 0 spiro atoms. The van der Waals surface area contributed by atoms with Crippen LogP contribution in [0.25, 0.3) is 0 Å². The zero-order valence-corrected chi connectivity index (χ0v) is 10.2. The van der Waals surface area contributed by atoms with Gasteiger partial charge in [-0.1, -0.05) is 17.3 Å². The van der Waals surface area contributed by atoms with Crippen molar-refractivity contribution in [3.63, 3.8) is 0 Å². The van der Waals surface area contributed by atoms with Crippen molar-refractivity contribution in [1.82, 2.24) is 0 Å². The Kier molecular flexibility index (Phi) is 5.47. The molecule has 0 radical (unpaired) electrons. The van der Waals surface area contributed by atoms with Gasteiger partial charge in [0.1, 0.15) is 11.6 Å². The van der Waals surface area contributed by atoms with Gasteiger partial charge in [-0.15, -0.1) is 0 Å². The van der Waals surface area contributed by atoms with Crippen LogP contribution < -0.4 is 10.5 Å². The van der Waals surface area contributed by atoms with Crippen LogP contribution in [0.5, 0.6) is 5.75 Å². The molecule has 3 N–H and O–H groups in total. The van der Waals surface area contributed by atoms with Crippen LogP contribution in [0.15, 0.2) is 29.4 Å². The summed E-state index contributed by atoms with van der Waals surface area (Å²) in [5, 5.41) is 11.3. The average Bonchev–Trinajstić information content (AvgIpc) is 2.35. The number of rotatable bonds is 6. The molecular formula is C12H15F3N2O2. The molecular weight excluding hydrogens is 261 g/mol. The van der Waals surface area contributed by atoms with Crippen molar-refractivity contribution in [3.05, 3.63) is 29.8 Å². The highest BCUT2D eigenvalue weighted by Crippen LogP contribution is 2.21. The van der Waals surface area contributed by atoms with Crippen LogP contribution in [-0.4, -0.2) is 23.8 Å². The summed E-state index contributed by atoms with van der Waals surface area (Å²) in [5.41, 5.74) is 6.16. The monoisotopic (exact) mass is 276 g/mol. The van der Waals surface area contributed by atoms with Gasteiger partial charge >= 0.3 is 6.18 Å². The molecule has 4 nitrogen and oxygen atoms in total. The first kappa shape index (κ1) is 15.1. The molecule has 0 aliphatic rings. The molecule has 0 fully saturated rings. The molecule has 0 saturated carbocycles. The third-order valence-electron chi connectivity index (χ3n) is 2.31. The lowest BCUT2D eigenvalue weighted by atomic mass is 10.1. The summed E-state index contributed by atoms with van der Waals surface area (Å²) in [6.07, 6.45) is -4.77. The minimum atomic E-state index is -4.14. The van der Waals surface area contributed by atoms with Crippen molar-refractivity contribution in [2.24, 2.45) is 10.9 Å². The van der Waals surface area contributed by atoms with Crippen LogP contribution >= 0.6 is 0 Å². The van der Waals surface area contributed by atoms with E-state index in [0.717, 1.165) is 5.56 Å². The molecule has 1 aromatic rings. The van der Waals surface area contributed by atoms with E-state index >= 15 is 0 Å². The number of nitrogens with zero attached hydrogens (tertiary/aromatic N) is 1. The van der Waals surface area contributed by atoms with Gasteiger partial charge in [0.2, 0.25) is 0 Å². The van der Waals surface area contributed by atoms with Gasteiger partial charge in [0.25, 0.3) is 0 Å². The Hall–Kier alpha value is -1.92. The van der Waals surface area contributed by atoms with E-state index in [2.05, 4.69) is 5.16 Å². The number of nitrogens with two attached hydrogens (primary N) is 1. The molecule has 0 unspecified atom stereocenters. The van der Waals surface area contributed by atoms with Crippen molar-refractivity contribution in [3.8, 4) is 5.75 Å². The minimum absolute atomic E-state index is 0.0130. The second-order valence-electron chi connectivity index (χ2n) is 3.98. The molecule has 0 bridgehead atoms. The summed E-state index contributed by atoms with van der Waals surface area (Å²) < 4.78 is 40.8. The molecule has 7 heteroatoms. The predicted octanol–water partition coefficient (Wildman–Crippen LogP) is 2.70. The number of ether oxygens (including phenoxy) is 1. The fourth-order valence-electron chi connectivity index (χ4n) is 1.41. The second kappa shape index (κ2) is 6.86. The number of hydrogen-bond acceptors (Lipinski definition) is 3. The fraction of sp³-hybridized carbons (Fsp3) is 0.417. The third-order valence-corrected chi connectivity index (χ3v) is 2.31. The van der Waals surface area contributed by atoms with Gasteiger partial charge in [-0.05, 0) is 24.1 Å². The van der Waals surface area contributed by atoms with Gasteiger partial charge in [0.15, 0.2) is 0 Å². The lowest BCUT2D eigenvalue weighted by Gasteiger charge is -2.08. The Balaban J connectivity index is 2.36. The van der Waals surface area contributed by atoms with Crippen molar-refractivity contribution < 1.29 is 23.1 Å². The van der Waals surface area contributed by atoms with Crippen LogP contribution in [-0.2, 0) is 6.42 Å². The van der Waals surface area contributed by atoms with E-state index in [0.29, 0.717) is 12.2 Å². The van der Waals surface area contributed by atoms with E-state index in [1.165, 1.54) is 0 Å². The third kappa shape index (κ3) is 6.54. The molecule has 1 aromatic carbocycles. The Morgan fingerprint density at radius 2 is 1.89 bits per heavy atom. The largest absolute Gasteiger partial charge is 0.494 e. The molecule has 106 valence electrons. The molecule has 19 heavy (non-hydrogen) atoms. The maximum Gasteiger partial charge on any atom is 0.389 e. The van der Waals surface area contributed by atoms with E-state index < -0.39 is 12.6 Å². The maximum absolute atomic E-state index is 11.9. The van der Waals surface area contributed by atoms with Crippen LogP contribution in [0.4, 0.5) is 13.2 Å². The smallest absolute Gasteiger partial charge is 0.389 e. The molecule has 0 aliphatic carbocycles. The number of oxime groups is 1. The Morgan fingerprint density at radius 1 is 1.26 bits per heavy atom. The van der Waals surface area contributed by atoms with Crippen LogP contribution in [0.3, 0.4) is 0 Å². The number of alkyl halides is 3. The molecule has 0 amide bonds. The highest BCUT2D eigenvalue weighted by molar-refractivity contribution is 5.81. The lowest BCUT2D eigenvalue weighted by Crippen LogP contribution is -2.14. The first-order valence-corrected chi connectivity index (χ1v) is 5.65. The average molecular weight is 276 g/mol. The summed E-state index contributed by atoms with van der Waals surface area (Å²) in [7, 11) is 0. The Labute approximate surface area is 108 Å². The number of halogens is 3. The zero-order valence-electron chi connectivity index (χ0n) is 10.2. The standard InChI is InChI=1S/C12H15F3N2O2/c13-12(14,15)6-1-7-19-10-4-2-9(3-5-10)8-11(16)17-18/h2-5,18H,1,6-8H2,(H2,16,17). The summed E-state index contributed by atoms with van der Waals surface area (Å²) in [6, 6.07) is 6.68. The number of amidine groups is 1. The quantitative estimate of drug-likeness (QED) is 0.276. The molecule has 0 aromatic heterocycles. The van der Waals surface area contributed by atoms with Gasteiger partial charge in [-0.2, -0.15) is 13.2 Å². The van der Waals surface area contributed by atoms with E-state index in [4.69, 9.17) is 15.7 Å². The Morgan fingerprint density at radius 3 is 2.42 bits per heavy atom. The first-order valence-electron chi connectivity index (χ1n) is 5.65. The topological polar surface area (TPSA) is 67.8 Å². The van der Waals surface area contributed by atoms with Crippen molar-refractivity contribution >= 4 is 5.84 Å². The first-order chi connectivity index (χ1) is 8.90. The second-order valence-corrected chi connectivity index (χ2v) is 3.98. The Bertz CT molecular complexity index is 416. The van der Waals surface area contributed by atoms with Crippen molar-refractivity contribution in [1.29, 1.82) is 0 Å². The molecule has 0 aliphatic heterocycles. The van der Waals surface area contributed by atoms with Gasteiger partial charge < -0.3 is 15.7 Å². The fourth-order valence-corrected chi connectivity index (χ4v) is 1.41. The van der Waals surface area contributed by atoms with E-state index in [1.807, 2.05) is 0 Å². The molecule has 0 saturated heterocycles. The lowest BCUT2D eigenvalue weighted by molar-refractivity contribution is -0.136. The van der Waals surface area contributed by atoms with E-state index in [1.54, 1.807) is 24.3 Å². The predicted molar refractivity (Wildman–Crippen MR) is 64.3 cm³/mol. The van der Waals surface area contributed by atoms with Crippen LogP contribution in [0, 0.1) is 0 Å². The van der Waals surface area contributed by atoms with E-state index in [-0.39, 0.29) is 18.9 Å². The highest BCUT2D eigenvalue weighted by Gasteiger charge is 2.26. The summed E-state index contributed by atoms with van der Waals surface area (Å²) >= 11 is 0. The number of benzene rings is 1. The van der Waals surface area contributed by atoms with Gasteiger partial charge in [-0.25, -0.2) is 0 Å². The summed E-state index contributed by atoms with van der Waals surface area (Å²) in [5.74, 6) is 0.573. The highest BCUT2D eigenvalue weighted by atomic mass is 19.4. The molecule has 1 rings (SSSR count). The zero-order chi connectivity index (χ0) is 14.3. The van der Waals surface area contributed by atoms with Crippen molar-refractivity contribution in [2.75, 3.05) is 6.61 Å². The van der Waals surface area contributed by atoms with Gasteiger partial charge in [0, 0.05) is 12.8 Å². The van der Waals surface area contributed by atoms with Gasteiger partial charge in [-0.3, -0.25) is 0 Å². The van der Waals surface area contributed by atoms with Gasteiger partial charge in [0.05, 0.1) is 6.61 Å². The minimum Gasteiger partial charge on any atom is -0.494 e. The van der Waals surface area contributed by atoms with Crippen LogP contribution in [0.2, 0.25) is 0 Å². The van der Waals surface area contributed by atoms with Crippen molar-refractivity contribution in [2.45, 2.75) is 25.4 Å². The normalized spacial score (nSPS) is 12.5. The summed E-state index contributed by atoms with van der Waals surface area (Å²) in [4.78, 5) is 0. The van der Waals surface area contributed by atoms with E-state index in [9.17, 15) is 13.2 Å². The molecule has 0 heterocycles. The SMILES string of the molecule is N/C(Cc1ccc(OCCCC(F)(F)F)cc1)=N/O. The van der Waals surface area contributed by atoms with Crippen LogP contribution in [0.1, 0.15) is 18.4 Å².